The number of aryl methyl sites for hydroxylation is 1. The van der Waals surface area contributed by atoms with Gasteiger partial charge in [-0.25, -0.2) is 0 Å². The molecule has 0 N–H and O–H groups in total. The van der Waals surface area contributed by atoms with Crippen molar-refractivity contribution in [1.29, 1.82) is 0 Å². The normalized spacial score (nSPS) is 10.9. The summed E-state index contributed by atoms with van der Waals surface area (Å²) in [5.74, 6) is 0. The Morgan fingerprint density at radius 3 is 2.33 bits per heavy atom. The fraction of sp³-hybridized carbons (Fsp3) is 0.118. The molecule has 18 heavy (non-hydrogen) atoms. The van der Waals surface area contributed by atoms with E-state index in [-0.39, 0.29) is 0 Å². The van der Waals surface area contributed by atoms with Crippen LogP contribution in [0.1, 0.15) is 12.0 Å². The molecular formula is C17H14O. The van der Waals surface area contributed by atoms with Gasteiger partial charge >= 0.3 is 0 Å². The van der Waals surface area contributed by atoms with Crippen molar-refractivity contribution in [3.63, 3.8) is 0 Å². The first kappa shape index (κ1) is 11.0. The highest BCUT2D eigenvalue weighted by Crippen LogP contribution is 2.26. The fourth-order valence-electron chi connectivity index (χ4n) is 2.46. The molecular weight excluding hydrogens is 220 g/mol. The number of rotatable bonds is 3. The van der Waals surface area contributed by atoms with Crippen LogP contribution in [0, 0.1) is 0 Å². The number of hydrogen-bond acceptors (Lipinski definition) is 1. The topological polar surface area (TPSA) is 17.1 Å². The molecule has 0 saturated heterocycles. The minimum atomic E-state index is 0.589. The van der Waals surface area contributed by atoms with Gasteiger partial charge in [0, 0.05) is 6.42 Å². The number of hydrogen-bond donors (Lipinski definition) is 0. The number of carbonyl (C=O) groups is 1. The molecule has 0 spiro atoms. The monoisotopic (exact) mass is 234 g/mol. The molecule has 0 saturated carbocycles. The highest BCUT2D eigenvalue weighted by atomic mass is 16.1. The number of benzene rings is 3. The molecule has 0 bridgehead atoms. The van der Waals surface area contributed by atoms with E-state index in [9.17, 15) is 4.79 Å². The zero-order valence-corrected chi connectivity index (χ0v) is 10.1. The summed E-state index contributed by atoms with van der Waals surface area (Å²) in [6, 6.07) is 19.1. The lowest BCUT2D eigenvalue weighted by atomic mass is 9.97. The van der Waals surface area contributed by atoms with Crippen LogP contribution in [0.2, 0.25) is 0 Å². The van der Waals surface area contributed by atoms with Gasteiger partial charge < -0.3 is 4.79 Å². The van der Waals surface area contributed by atoms with Gasteiger partial charge in [0.25, 0.3) is 0 Å². The lowest BCUT2D eigenvalue weighted by Gasteiger charge is -2.07. The Hall–Kier alpha value is -2.15. The summed E-state index contributed by atoms with van der Waals surface area (Å²) in [4.78, 5) is 10.5. The summed E-state index contributed by atoms with van der Waals surface area (Å²) in [6.07, 6.45) is 2.39. The van der Waals surface area contributed by atoms with Gasteiger partial charge in [-0.05, 0) is 45.7 Å². The van der Waals surface area contributed by atoms with E-state index in [1.54, 1.807) is 0 Å². The van der Waals surface area contributed by atoms with Gasteiger partial charge in [0.05, 0.1) is 0 Å². The van der Waals surface area contributed by atoms with Gasteiger partial charge in [-0.2, -0.15) is 0 Å². The average Bonchev–Trinajstić information content (AvgIpc) is 2.43. The minimum absolute atomic E-state index is 0.589. The molecule has 0 amide bonds. The largest absolute Gasteiger partial charge is 0.303 e. The summed E-state index contributed by atoms with van der Waals surface area (Å²) in [6.45, 7) is 0. The van der Waals surface area contributed by atoms with Crippen LogP contribution in [-0.4, -0.2) is 6.29 Å². The zero-order valence-electron chi connectivity index (χ0n) is 10.1. The van der Waals surface area contributed by atoms with Crippen molar-refractivity contribution in [2.45, 2.75) is 12.8 Å². The number of aldehydes is 1. The molecule has 0 unspecified atom stereocenters. The third-order valence-electron chi connectivity index (χ3n) is 3.37. The Labute approximate surface area is 106 Å². The summed E-state index contributed by atoms with van der Waals surface area (Å²) >= 11 is 0. The Kier molecular flexibility index (Phi) is 2.81. The van der Waals surface area contributed by atoms with Crippen molar-refractivity contribution in [3.05, 3.63) is 60.2 Å². The molecule has 0 heterocycles. The van der Waals surface area contributed by atoms with Gasteiger partial charge in [-0.3, -0.25) is 0 Å². The lowest BCUT2D eigenvalue weighted by Crippen LogP contribution is -1.88. The second-order valence-electron chi connectivity index (χ2n) is 4.54. The number of fused-ring (bicyclic) bond motifs is 2. The molecule has 0 aliphatic carbocycles. The van der Waals surface area contributed by atoms with Crippen LogP contribution in [0.4, 0.5) is 0 Å². The van der Waals surface area contributed by atoms with Crippen LogP contribution in [-0.2, 0) is 11.2 Å². The van der Waals surface area contributed by atoms with E-state index in [1.165, 1.54) is 27.1 Å². The van der Waals surface area contributed by atoms with Crippen molar-refractivity contribution in [2.75, 3.05) is 0 Å². The van der Waals surface area contributed by atoms with E-state index in [4.69, 9.17) is 0 Å². The van der Waals surface area contributed by atoms with E-state index < -0.39 is 0 Å². The third-order valence-corrected chi connectivity index (χ3v) is 3.37. The Bertz CT molecular complexity index is 713. The maximum Gasteiger partial charge on any atom is 0.120 e. The predicted molar refractivity (Wildman–Crippen MR) is 75.8 cm³/mol. The van der Waals surface area contributed by atoms with Crippen LogP contribution in [0.25, 0.3) is 21.5 Å². The molecule has 0 aromatic heterocycles. The Morgan fingerprint density at radius 1 is 0.833 bits per heavy atom. The zero-order chi connectivity index (χ0) is 12.4. The van der Waals surface area contributed by atoms with Gasteiger partial charge in [-0.1, -0.05) is 42.5 Å². The van der Waals surface area contributed by atoms with Crippen molar-refractivity contribution in [1.82, 2.24) is 0 Å². The maximum absolute atomic E-state index is 10.5. The second kappa shape index (κ2) is 4.61. The second-order valence-corrected chi connectivity index (χ2v) is 4.54. The lowest BCUT2D eigenvalue weighted by molar-refractivity contribution is -0.107. The number of carbonyl (C=O) groups excluding carboxylic acids is 1. The van der Waals surface area contributed by atoms with E-state index in [2.05, 4.69) is 54.6 Å². The summed E-state index contributed by atoms with van der Waals surface area (Å²) < 4.78 is 0. The molecule has 3 rings (SSSR count). The molecule has 0 radical (unpaired) electrons. The molecule has 1 nitrogen and oxygen atoms in total. The molecule has 0 aliphatic rings. The molecule has 88 valence electrons. The first-order valence-corrected chi connectivity index (χ1v) is 6.22. The highest BCUT2D eigenvalue weighted by Gasteiger charge is 2.02. The van der Waals surface area contributed by atoms with E-state index in [0.717, 1.165) is 12.7 Å². The summed E-state index contributed by atoms with van der Waals surface area (Å²) in [5, 5.41) is 5.02. The van der Waals surface area contributed by atoms with Crippen molar-refractivity contribution >= 4 is 27.8 Å². The first-order chi connectivity index (χ1) is 8.88. The van der Waals surface area contributed by atoms with E-state index >= 15 is 0 Å². The van der Waals surface area contributed by atoms with Gasteiger partial charge in [-0.15, -0.1) is 0 Å². The van der Waals surface area contributed by atoms with Gasteiger partial charge in [0.2, 0.25) is 0 Å². The Balaban J connectivity index is 2.25. The minimum Gasteiger partial charge on any atom is -0.303 e. The quantitative estimate of drug-likeness (QED) is 0.492. The third kappa shape index (κ3) is 1.88. The first-order valence-electron chi connectivity index (χ1n) is 6.22. The fourth-order valence-corrected chi connectivity index (χ4v) is 2.46. The SMILES string of the molecule is O=CCCc1cccc2cc3ccccc3cc12. The van der Waals surface area contributed by atoms with Crippen LogP contribution in [0.3, 0.4) is 0 Å². The summed E-state index contributed by atoms with van der Waals surface area (Å²) in [7, 11) is 0. The molecule has 1 heteroatoms. The molecule has 3 aromatic carbocycles. The van der Waals surface area contributed by atoms with Crippen LogP contribution < -0.4 is 0 Å². The van der Waals surface area contributed by atoms with Crippen molar-refractivity contribution in [2.24, 2.45) is 0 Å². The van der Waals surface area contributed by atoms with Gasteiger partial charge in [0.15, 0.2) is 0 Å². The predicted octanol–water partition coefficient (Wildman–Crippen LogP) is 4.12. The average molecular weight is 234 g/mol. The van der Waals surface area contributed by atoms with Crippen molar-refractivity contribution in [3.8, 4) is 0 Å². The van der Waals surface area contributed by atoms with Gasteiger partial charge in [0.1, 0.15) is 6.29 Å². The standard InChI is InChI=1S/C17H14O/c18-10-4-9-13-7-3-8-16-11-14-5-1-2-6-15(14)12-17(13)16/h1-3,5-8,10-12H,4,9H2. The maximum atomic E-state index is 10.5. The summed E-state index contributed by atoms with van der Waals surface area (Å²) in [5.41, 5.74) is 1.25. The van der Waals surface area contributed by atoms with E-state index in [0.29, 0.717) is 6.42 Å². The van der Waals surface area contributed by atoms with E-state index in [1.807, 2.05) is 0 Å². The molecule has 3 aromatic rings. The van der Waals surface area contributed by atoms with Crippen LogP contribution in [0.15, 0.2) is 54.6 Å². The highest BCUT2D eigenvalue weighted by molar-refractivity contribution is 5.99. The smallest absolute Gasteiger partial charge is 0.120 e. The van der Waals surface area contributed by atoms with Crippen LogP contribution >= 0.6 is 0 Å². The molecule has 0 aliphatic heterocycles. The van der Waals surface area contributed by atoms with Crippen molar-refractivity contribution < 1.29 is 4.79 Å². The molecule has 0 fully saturated rings. The van der Waals surface area contributed by atoms with Crippen LogP contribution in [0.5, 0.6) is 0 Å². The molecule has 0 atom stereocenters. The Morgan fingerprint density at radius 2 is 1.56 bits per heavy atom.